The zero-order chi connectivity index (χ0) is 26.0. The molecule has 1 unspecified atom stereocenters. The highest BCUT2D eigenvalue weighted by molar-refractivity contribution is 7.85. The molecule has 0 amide bonds. The van der Waals surface area contributed by atoms with E-state index in [1.54, 1.807) is 0 Å². The van der Waals surface area contributed by atoms with Gasteiger partial charge in [-0.3, -0.25) is 0 Å². The Hall–Kier alpha value is -3.18. The molecule has 190 valence electrons. The van der Waals surface area contributed by atoms with Crippen LogP contribution in [0.5, 0.6) is 0 Å². The molecule has 5 aromatic carbocycles. The van der Waals surface area contributed by atoms with Crippen LogP contribution in [0, 0.1) is 0 Å². The van der Waals surface area contributed by atoms with Crippen LogP contribution >= 0.6 is 14.3 Å². The third kappa shape index (κ3) is 4.21. The highest BCUT2D eigenvalue weighted by atomic mass is 31.2. The van der Waals surface area contributed by atoms with E-state index in [1.165, 1.54) is 6.42 Å². The van der Waals surface area contributed by atoms with E-state index in [-0.39, 0.29) is 5.66 Å². The molecule has 0 aromatic heterocycles. The molecule has 0 spiro atoms. The van der Waals surface area contributed by atoms with Crippen LogP contribution in [0.25, 0.3) is 10.8 Å². The first-order valence-electron chi connectivity index (χ1n) is 13.5. The van der Waals surface area contributed by atoms with Gasteiger partial charge < -0.3 is 9.13 Å². The molecule has 1 saturated carbocycles. The first-order valence-corrected chi connectivity index (χ1v) is 17.0. The predicted molar refractivity (Wildman–Crippen MR) is 164 cm³/mol. The lowest BCUT2D eigenvalue weighted by atomic mass is 10.0. The van der Waals surface area contributed by atoms with Gasteiger partial charge in [0.1, 0.15) is 7.14 Å². The highest BCUT2D eigenvalue weighted by Gasteiger charge is 2.39. The maximum absolute atomic E-state index is 15.4. The van der Waals surface area contributed by atoms with Gasteiger partial charge in [0.25, 0.3) is 0 Å². The van der Waals surface area contributed by atoms with E-state index in [2.05, 4.69) is 18.2 Å². The maximum Gasteiger partial charge on any atom is 0.171 e. The predicted octanol–water partition coefficient (Wildman–Crippen LogP) is 7.13. The molecule has 0 saturated heterocycles. The van der Waals surface area contributed by atoms with Crippen LogP contribution < -0.4 is 26.5 Å². The largest absolute Gasteiger partial charge is 0.313 e. The standard InChI is InChI=1S/C34H32O2P2/c35-37(27-15-5-1-6-16-27,28-17-7-2-8-18-28)33-25-13-24-32-31(33)23-14-26-34(32)38(36,29-19-9-3-10-20-29)30-21-11-4-12-22-30/h1-3,5-10,13-20,23-26,30H,4,11-12,21-22H2. The third-order valence-electron chi connectivity index (χ3n) is 8.04. The quantitative estimate of drug-likeness (QED) is 0.217. The van der Waals surface area contributed by atoms with E-state index in [4.69, 9.17) is 0 Å². The molecule has 0 N–H and O–H groups in total. The summed E-state index contributed by atoms with van der Waals surface area (Å²) in [6, 6.07) is 41.9. The minimum absolute atomic E-state index is 0.128. The molecule has 4 heteroatoms. The lowest BCUT2D eigenvalue weighted by molar-refractivity contribution is 0.490. The van der Waals surface area contributed by atoms with Crippen LogP contribution in [0.2, 0.25) is 0 Å². The molecular weight excluding hydrogens is 502 g/mol. The van der Waals surface area contributed by atoms with E-state index in [0.29, 0.717) is 0 Å². The molecule has 0 heterocycles. The molecule has 0 aliphatic heterocycles. The smallest absolute Gasteiger partial charge is 0.171 e. The normalized spacial score (nSPS) is 16.2. The average molecular weight is 535 g/mol. The molecule has 1 atom stereocenters. The summed E-state index contributed by atoms with van der Waals surface area (Å²) < 4.78 is 30.7. The third-order valence-corrected chi connectivity index (χ3v) is 14.9. The van der Waals surface area contributed by atoms with Crippen LogP contribution in [0.3, 0.4) is 0 Å². The first-order chi connectivity index (χ1) is 18.6. The lowest BCUT2D eigenvalue weighted by Gasteiger charge is -2.32. The van der Waals surface area contributed by atoms with Crippen LogP contribution in [-0.2, 0) is 9.13 Å². The Labute approximate surface area is 225 Å². The molecule has 0 bridgehead atoms. The fourth-order valence-corrected chi connectivity index (χ4v) is 12.7. The summed E-state index contributed by atoms with van der Waals surface area (Å²) in [5, 5.41) is 6.13. The Morgan fingerprint density at radius 2 is 0.895 bits per heavy atom. The van der Waals surface area contributed by atoms with Crippen molar-refractivity contribution in [2.24, 2.45) is 0 Å². The Balaban J connectivity index is 1.64. The van der Waals surface area contributed by atoms with Crippen LogP contribution in [0.4, 0.5) is 0 Å². The lowest BCUT2D eigenvalue weighted by Crippen LogP contribution is -2.29. The fraction of sp³-hybridized carbons (Fsp3) is 0.176. The number of hydrogen-bond acceptors (Lipinski definition) is 2. The van der Waals surface area contributed by atoms with Crippen molar-refractivity contribution < 1.29 is 9.13 Å². The molecule has 6 rings (SSSR count). The van der Waals surface area contributed by atoms with Gasteiger partial charge in [0.15, 0.2) is 7.14 Å². The van der Waals surface area contributed by atoms with Crippen molar-refractivity contribution in [3.63, 3.8) is 0 Å². The van der Waals surface area contributed by atoms with Gasteiger partial charge in [-0.05, 0) is 23.6 Å². The zero-order valence-electron chi connectivity index (χ0n) is 21.4. The number of hydrogen-bond donors (Lipinski definition) is 0. The van der Waals surface area contributed by atoms with Crippen molar-refractivity contribution in [3.8, 4) is 0 Å². The Morgan fingerprint density at radius 1 is 0.447 bits per heavy atom. The monoisotopic (exact) mass is 534 g/mol. The summed E-state index contributed by atoms with van der Waals surface area (Å²) in [5.41, 5.74) is 0.128. The van der Waals surface area contributed by atoms with Crippen molar-refractivity contribution in [2.75, 3.05) is 0 Å². The Kier molecular flexibility index (Phi) is 6.96. The van der Waals surface area contributed by atoms with Gasteiger partial charge in [0, 0.05) is 32.2 Å². The van der Waals surface area contributed by atoms with E-state index in [9.17, 15) is 0 Å². The molecule has 2 nitrogen and oxygen atoms in total. The van der Waals surface area contributed by atoms with E-state index in [0.717, 1.165) is 63.0 Å². The van der Waals surface area contributed by atoms with Crippen LogP contribution in [0.15, 0.2) is 127 Å². The second-order valence-electron chi connectivity index (χ2n) is 10.2. The molecule has 1 fully saturated rings. The molecule has 0 radical (unpaired) electrons. The maximum atomic E-state index is 15.4. The van der Waals surface area contributed by atoms with Crippen molar-refractivity contribution in [2.45, 2.75) is 37.8 Å². The number of fused-ring (bicyclic) bond motifs is 1. The van der Waals surface area contributed by atoms with Crippen LogP contribution in [0.1, 0.15) is 32.1 Å². The van der Waals surface area contributed by atoms with Gasteiger partial charge in [-0.1, -0.05) is 147 Å². The van der Waals surface area contributed by atoms with Gasteiger partial charge >= 0.3 is 0 Å². The van der Waals surface area contributed by atoms with E-state index < -0.39 is 14.3 Å². The van der Waals surface area contributed by atoms with Gasteiger partial charge in [-0.25, -0.2) is 0 Å². The number of benzene rings is 5. The Morgan fingerprint density at radius 3 is 1.42 bits per heavy atom. The summed E-state index contributed by atoms with van der Waals surface area (Å²) >= 11 is 0. The highest BCUT2D eigenvalue weighted by Crippen LogP contribution is 2.55. The molecule has 1 aliphatic carbocycles. The van der Waals surface area contributed by atoms with Gasteiger partial charge in [-0.15, -0.1) is 0 Å². The average Bonchev–Trinajstić information content (AvgIpc) is 3.01. The molecule has 5 aromatic rings. The minimum Gasteiger partial charge on any atom is -0.313 e. The fourth-order valence-electron chi connectivity index (χ4n) is 6.18. The van der Waals surface area contributed by atoms with Gasteiger partial charge in [-0.2, -0.15) is 0 Å². The van der Waals surface area contributed by atoms with E-state index >= 15 is 9.13 Å². The summed E-state index contributed by atoms with van der Waals surface area (Å²) in [4.78, 5) is 0. The van der Waals surface area contributed by atoms with Gasteiger partial charge in [0.2, 0.25) is 0 Å². The molecular formula is C34H32O2P2. The van der Waals surface area contributed by atoms with Crippen molar-refractivity contribution in [1.82, 2.24) is 0 Å². The first kappa shape index (κ1) is 25.1. The summed E-state index contributed by atoms with van der Waals surface area (Å²) in [6.45, 7) is 0. The second kappa shape index (κ2) is 10.5. The van der Waals surface area contributed by atoms with Crippen LogP contribution in [-0.4, -0.2) is 5.66 Å². The van der Waals surface area contributed by atoms with Crippen molar-refractivity contribution in [1.29, 1.82) is 0 Å². The molecule has 1 aliphatic rings. The van der Waals surface area contributed by atoms with Crippen molar-refractivity contribution in [3.05, 3.63) is 127 Å². The zero-order valence-corrected chi connectivity index (χ0v) is 23.2. The number of rotatable bonds is 6. The van der Waals surface area contributed by atoms with Gasteiger partial charge in [0.05, 0.1) is 0 Å². The summed E-state index contributed by atoms with van der Waals surface area (Å²) in [6.07, 6.45) is 5.41. The minimum atomic E-state index is -3.19. The second-order valence-corrected chi connectivity index (χ2v) is 16.0. The summed E-state index contributed by atoms with van der Waals surface area (Å²) in [5.74, 6) is 0. The Bertz CT molecular complexity index is 1600. The van der Waals surface area contributed by atoms with E-state index in [1.807, 2.05) is 109 Å². The topological polar surface area (TPSA) is 34.1 Å². The summed E-state index contributed by atoms with van der Waals surface area (Å²) in [7, 11) is -6.14. The SMILES string of the molecule is O=P(c1ccccc1)(c1ccccc1)c1cccc2c(P(=O)(c3ccccc3)C3CCCCC3)cccc12. The van der Waals surface area contributed by atoms with Crippen molar-refractivity contribution >= 4 is 51.6 Å². The molecule has 38 heavy (non-hydrogen) atoms.